The van der Waals surface area contributed by atoms with E-state index in [0.29, 0.717) is 23.4 Å². The molecule has 0 saturated carbocycles. The highest BCUT2D eigenvalue weighted by molar-refractivity contribution is 9.10. The molecule has 0 aromatic heterocycles. The van der Waals surface area contributed by atoms with E-state index >= 15 is 0 Å². The molecule has 2 aromatic rings. The first-order valence-corrected chi connectivity index (χ1v) is 10.4. The lowest BCUT2D eigenvalue weighted by molar-refractivity contribution is 0.257. The highest BCUT2D eigenvalue weighted by Gasteiger charge is 2.29. The molecule has 0 aliphatic carbocycles. The number of hydrogen-bond acceptors (Lipinski definition) is 4. The van der Waals surface area contributed by atoms with E-state index in [-0.39, 0.29) is 21.3 Å². The molecule has 134 valence electrons. The van der Waals surface area contributed by atoms with Gasteiger partial charge in [-0.05, 0) is 51.2 Å². The zero-order chi connectivity index (χ0) is 18.2. The molecule has 0 radical (unpaired) electrons. The van der Waals surface area contributed by atoms with E-state index in [0.717, 1.165) is 5.56 Å². The molecule has 0 amide bonds. The van der Waals surface area contributed by atoms with Crippen LogP contribution in [0.4, 0.5) is 0 Å². The van der Waals surface area contributed by atoms with Gasteiger partial charge in [0, 0.05) is 4.47 Å². The Labute approximate surface area is 157 Å². The highest BCUT2D eigenvalue weighted by atomic mass is 79.9. The maximum atomic E-state index is 13.3. The van der Waals surface area contributed by atoms with E-state index in [2.05, 4.69) is 36.7 Å². The number of ether oxygens (including phenoxy) is 2. The van der Waals surface area contributed by atoms with Crippen molar-refractivity contribution in [3.8, 4) is 5.75 Å². The maximum absolute atomic E-state index is 13.3. The molecule has 2 aromatic carbocycles. The molecule has 1 atom stereocenters. The van der Waals surface area contributed by atoms with Crippen LogP contribution in [0.3, 0.4) is 0 Å². The minimum absolute atomic E-state index is 0.0544. The van der Waals surface area contributed by atoms with Gasteiger partial charge < -0.3 is 9.47 Å². The van der Waals surface area contributed by atoms with Crippen molar-refractivity contribution in [2.24, 2.45) is 0 Å². The van der Waals surface area contributed by atoms with Crippen molar-refractivity contribution in [3.63, 3.8) is 0 Å². The standard InChI is InChI=1S/C19H21BrO4S/c1-19(2,3)13-6-4-7-15(10-13)25(21,22)18-16(20)8-5-9-17(18)24-12-14-11-23-14/h4-10,14H,11-12H2,1-3H3. The van der Waals surface area contributed by atoms with E-state index < -0.39 is 9.84 Å². The van der Waals surface area contributed by atoms with E-state index in [1.165, 1.54) is 0 Å². The van der Waals surface area contributed by atoms with Gasteiger partial charge in [0.15, 0.2) is 0 Å². The Balaban J connectivity index is 2.05. The van der Waals surface area contributed by atoms with Gasteiger partial charge in [-0.3, -0.25) is 0 Å². The minimum Gasteiger partial charge on any atom is -0.489 e. The minimum atomic E-state index is -3.72. The third-order valence-electron chi connectivity index (χ3n) is 4.04. The van der Waals surface area contributed by atoms with Gasteiger partial charge in [-0.2, -0.15) is 0 Å². The van der Waals surface area contributed by atoms with Gasteiger partial charge in [0.1, 0.15) is 23.4 Å². The summed E-state index contributed by atoms with van der Waals surface area (Å²) in [5.41, 5.74) is 0.830. The summed E-state index contributed by atoms with van der Waals surface area (Å²) in [5.74, 6) is 0.339. The van der Waals surface area contributed by atoms with Crippen LogP contribution in [0.1, 0.15) is 26.3 Å². The van der Waals surface area contributed by atoms with Crippen molar-refractivity contribution in [1.82, 2.24) is 0 Å². The quantitative estimate of drug-likeness (QED) is 0.669. The van der Waals surface area contributed by atoms with Crippen molar-refractivity contribution < 1.29 is 17.9 Å². The zero-order valence-electron chi connectivity index (χ0n) is 14.5. The van der Waals surface area contributed by atoms with Crippen molar-refractivity contribution in [3.05, 3.63) is 52.5 Å². The molecule has 0 N–H and O–H groups in total. The molecule has 6 heteroatoms. The monoisotopic (exact) mass is 424 g/mol. The predicted octanol–water partition coefficient (Wildman–Crippen LogP) is 4.36. The zero-order valence-corrected chi connectivity index (χ0v) is 16.9. The lowest BCUT2D eigenvalue weighted by atomic mass is 9.87. The SMILES string of the molecule is CC(C)(C)c1cccc(S(=O)(=O)c2c(Br)cccc2OCC2CO2)c1. The fourth-order valence-corrected chi connectivity index (χ4v) is 4.94. The summed E-state index contributed by atoms with van der Waals surface area (Å²) in [4.78, 5) is 0.418. The number of hydrogen-bond donors (Lipinski definition) is 0. The lowest BCUT2D eigenvalue weighted by Gasteiger charge is -2.20. The number of benzene rings is 2. The second-order valence-corrected chi connectivity index (χ2v) is 9.86. The molecule has 1 saturated heterocycles. The number of halogens is 1. The van der Waals surface area contributed by atoms with Crippen molar-refractivity contribution in [2.75, 3.05) is 13.2 Å². The number of sulfone groups is 1. The van der Waals surface area contributed by atoms with Crippen molar-refractivity contribution in [2.45, 2.75) is 42.1 Å². The second kappa shape index (κ2) is 6.74. The Morgan fingerprint density at radius 1 is 1.20 bits per heavy atom. The Hall–Kier alpha value is -1.37. The average molecular weight is 425 g/mol. The summed E-state index contributed by atoms with van der Waals surface area (Å²) < 4.78 is 37.9. The first-order chi connectivity index (χ1) is 11.7. The van der Waals surface area contributed by atoms with Crippen molar-refractivity contribution in [1.29, 1.82) is 0 Å². The van der Waals surface area contributed by atoms with Gasteiger partial charge in [-0.1, -0.05) is 39.0 Å². The molecule has 1 fully saturated rings. The smallest absolute Gasteiger partial charge is 0.211 e. The molecule has 0 spiro atoms. The van der Waals surface area contributed by atoms with Crippen LogP contribution in [0.25, 0.3) is 0 Å². The molecule has 4 nitrogen and oxygen atoms in total. The number of rotatable bonds is 5. The summed E-state index contributed by atoms with van der Waals surface area (Å²) >= 11 is 3.37. The van der Waals surface area contributed by atoms with E-state index in [1.807, 2.05) is 6.07 Å². The largest absolute Gasteiger partial charge is 0.489 e. The normalized spacial score (nSPS) is 17.4. The molecule has 1 heterocycles. The van der Waals surface area contributed by atoms with Crippen LogP contribution in [0.15, 0.2) is 56.7 Å². The fourth-order valence-electron chi connectivity index (χ4n) is 2.46. The summed E-state index contributed by atoms with van der Waals surface area (Å²) in [6.45, 7) is 7.18. The topological polar surface area (TPSA) is 55.9 Å². The highest BCUT2D eigenvalue weighted by Crippen LogP contribution is 2.37. The van der Waals surface area contributed by atoms with E-state index in [4.69, 9.17) is 9.47 Å². The summed E-state index contributed by atoms with van der Waals surface area (Å²) in [6.07, 6.45) is 0.0544. The van der Waals surface area contributed by atoms with Crippen LogP contribution in [-0.2, 0) is 20.0 Å². The van der Waals surface area contributed by atoms with Crippen LogP contribution in [0.2, 0.25) is 0 Å². The first kappa shape index (κ1) is 18.4. The second-order valence-electron chi connectivity index (χ2n) is 7.11. The number of epoxide rings is 1. The van der Waals surface area contributed by atoms with Crippen LogP contribution in [0, 0.1) is 0 Å². The first-order valence-electron chi connectivity index (χ1n) is 8.08. The van der Waals surface area contributed by atoms with Gasteiger partial charge in [0.2, 0.25) is 9.84 Å². The van der Waals surface area contributed by atoms with E-state index in [1.54, 1.807) is 36.4 Å². The molecule has 1 aliphatic rings. The summed E-state index contributed by atoms with van der Waals surface area (Å²) in [6, 6.07) is 12.2. The van der Waals surface area contributed by atoms with Gasteiger partial charge in [-0.25, -0.2) is 8.42 Å². The third-order valence-corrected chi connectivity index (χ3v) is 6.79. The predicted molar refractivity (Wildman–Crippen MR) is 100.0 cm³/mol. The van der Waals surface area contributed by atoms with Gasteiger partial charge in [-0.15, -0.1) is 0 Å². The molecule has 0 bridgehead atoms. The van der Waals surface area contributed by atoms with Crippen LogP contribution in [0.5, 0.6) is 5.75 Å². The molecule has 3 rings (SSSR count). The molecular weight excluding hydrogens is 404 g/mol. The molecule has 25 heavy (non-hydrogen) atoms. The van der Waals surface area contributed by atoms with Crippen molar-refractivity contribution >= 4 is 25.8 Å². The van der Waals surface area contributed by atoms with Gasteiger partial charge >= 0.3 is 0 Å². The molecule has 1 aliphatic heterocycles. The Morgan fingerprint density at radius 3 is 2.52 bits per heavy atom. The van der Waals surface area contributed by atoms with Gasteiger partial charge in [0.25, 0.3) is 0 Å². The Bertz CT molecular complexity index is 881. The molecule has 1 unspecified atom stereocenters. The van der Waals surface area contributed by atoms with Crippen LogP contribution < -0.4 is 4.74 Å². The third kappa shape index (κ3) is 4.07. The average Bonchev–Trinajstić information content (AvgIpc) is 3.36. The Kier molecular flexibility index (Phi) is 4.97. The van der Waals surface area contributed by atoms with E-state index in [9.17, 15) is 8.42 Å². The lowest BCUT2D eigenvalue weighted by Crippen LogP contribution is -2.13. The van der Waals surface area contributed by atoms with Crippen LogP contribution in [-0.4, -0.2) is 27.7 Å². The molecular formula is C19H21BrO4S. The maximum Gasteiger partial charge on any atom is 0.211 e. The Morgan fingerprint density at radius 2 is 1.88 bits per heavy atom. The van der Waals surface area contributed by atoms with Gasteiger partial charge in [0.05, 0.1) is 11.5 Å². The van der Waals surface area contributed by atoms with Crippen LogP contribution >= 0.6 is 15.9 Å². The fraction of sp³-hybridized carbons (Fsp3) is 0.368. The summed E-state index contributed by atoms with van der Waals surface area (Å²) in [5, 5.41) is 0. The summed E-state index contributed by atoms with van der Waals surface area (Å²) in [7, 11) is -3.72.